The third kappa shape index (κ3) is 4.92. The SMILES string of the molecule is CS(=O)(=O)NCCC1=Nc2nccc(/C(Cc3ccc(F)c(Cl)c3)=N/O)c2C1. The van der Waals surface area contributed by atoms with Gasteiger partial charge >= 0.3 is 0 Å². The maximum absolute atomic E-state index is 13.4. The van der Waals surface area contributed by atoms with E-state index < -0.39 is 15.8 Å². The average Bonchev–Trinajstić information content (AvgIpc) is 3.04. The van der Waals surface area contributed by atoms with Crippen LogP contribution in [0.2, 0.25) is 5.02 Å². The monoisotopic (exact) mass is 424 g/mol. The van der Waals surface area contributed by atoms with Gasteiger partial charge in [-0.3, -0.25) is 0 Å². The molecule has 10 heteroatoms. The van der Waals surface area contributed by atoms with Crippen LogP contribution in [-0.2, 0) is 22.9 Å². The molecule has 1 aliphatic heterocycles. The number of hydrogen-bond acceptors (Lipinski definition) is 6. The van der Waals surface area contributed by atoms with Gasteiger partial charge in [-0.1, -0.05) is 22.8 Å². The zero-order chi connectivity index (χ0) is 20.3. The van der Waals surface area contributed by atoms with E-state index in [1.807, 2.05) is 0 Å². The van der Waals surface area contributed by atoms with E-state index in [1.165, 1.54) is 12.1 Å². The van der Waals surface area contributed by atoms with Crippen molar-refractivity contribution in [1.82, 2.24) is 9.71 Å². The van der Waals surface area contributed by atoms with Crippen molar-refractivity contribution in [2.75, 3.05) is 12.8 Å². The third-order valence-electron chi connectivity index (χ3n) is 4.24. The van der Waals surface area contributed by atoms with Crippen LogP contribution in [0.4, 0.5) is 10.2 Å². The van der Waals surface area contributed by atoms with E-state index in [-0.39, 0.29) is 18.0 Å². The fourth-order valence-corrected chi connectivity index (χ4v) is 3.64. The molecule has 2 N–H and O–H groups in total. The summed E-state index contributed by atoms with van der Waals surface area (Å²) in [5.74, 6) is 0.00333. The first-order valence-corrected chi connectivity index (χ1v) is 10.7. The average molecular weight is 425 g/mol. The summed E-state index contributed by atoms with van der Waals surface area (Å²) in [5.41, 5.74) is 3.35. The zero-order valence-corrected chi connectivity index (χ0v) is 16.6. The van der Waals surface area contributed by atoms with Crippen LogP contribution in [-0.4, -0.2) is 42.8 Å². The van der Waals surface area contributed by atoms with E-state index in [9.17, 15) is 18.0 Å². The van der Waals surface area contributed by atoms with Crippen molar-refractivity contribution in [3.8, 4) is 0 Å². The highest BCUT2D eigenvalue weighted by molar-refractivity contribution is 7.88. The van der Waals surface area contributed by atoms with Crippen LogP contribution in [0, 0.1) is 5.82 Å². The normalized spacial score (nSPS) is 14.1. The molecule has 0 saturated carbocycles. The number of hydrogen-bond donors (Lipinski definition) is 2. The van der Waals surface area contributed by atoms with Crippen LogP contribution in [0.5, 0.6) is 0 Å². The lowest BCUT2D eigenvalue weighted by atomic mass is 9.96. The number of oxime groups is 1. The van der Waals surface area contributed by atoms with Gasteiger partial charge in [0.25, 0.3) is 0 Å². The molecule has 1 aromatic carbocycles. The molecule has 0 fully saturated rings. The van der Waals surface area contributed by atoms with Gasteiger partial charge in [-0.15, -0.1) is 0 Å². The van der Waals surface area contributed by atoms with E-state index in [2.05, 4.69) is 19.9 Å². The first-order chi connectivity index (χ1) is 13.3. The van der Waals surface area contributed by atoms with Gasteiger partial charge in [0.15, 0.2) is 5.82 Å². The lowest BCUT2D eigenvalue weighted by Crippen LogP contribution is -2.24. The molecule has 0 saturated heterocycles. The lowest BCUT2D eigenvalue weighted by Gasteiger charge is -2.10. The number of nitrogens with one attached hydrogen (secondary N) is 1. The Labute approximate surface area is 167 Å². The minimum Gasteiger partial charge on any atom is -0.411 e. The first kappa shape index (κ1) is 20.4. The first-order valence-electron chi connectivity index (χ1n) is 8.41. The largest absolute Gasteiger partial charge is 0.411 e. The van der Waals surface area contributed by atoms with E-state index >= 15 is 0 Å². The molecule has 0 aliphatic carbocycles. The number of benzene rings is 1. The van der Waals surface area contributed by atoms with Crippen molar-refractivity contribution in [3.63, 3.8) is 0 Å². The van der Waals surface area contributed by atoms with E-state index in [4.69, 9.17) is 11.6 Å². The molecule has 2 heterocycles. The van der Waals surface area contributed by atoms with Crippen molar-refractivity contribution in [3.05, 3.63) is 58.0 Å². The van der Waals surface area contributed by atoms with Crippen molar-refractivity contribution < 1.29 is 18.0 Å². The molecule has 28 heavy (non-hydrogen) atoms. The van der Waals surface area contributed by atoms with E-state index in [0.29, 0.717) is 35.5 Å². The quantitative estimate of drug-likeness (QED) is 0.405. The van der Waals surface area contributed by atoms with Gasteiger partial charge in [-0.25, -0.2) is 27.5 Å². The molecule has 148 valence electrons. The molecule has 3 rings (SSSR count). The third-order valence-corrected chi connectivity index (χ3v) is 5.26. The van der Waals surface area contributed by atoms with Crippen molar-refractivity contribution in [2.24, 2.45) is 10.1 Å². The fraction of sp³-hybridized carbons (Fsp3) is 0.278. The van der Waals surface area contributed by atoms with Gasteiger partial charge in [0.1, 0.15) is 5.82 Å². The molecule has 0 atom stereocenters. The number of sulfonamides is 1. The summed E-state index contributed by atoms with van der Waals surface area (Å²) in [6.45, 7) is 0.246. The van der Waals surface area contributed by atoms with E-state index in [1.54, 1.807) is 18.3 Å². The van der Waals surface area contributed by atoms with Crippen molar-refractivity contribution >= 4 is 38.9 Å². The molecule has 0 radical (unpaired) electrons. The van der Waals surface area contributed by atoms with Crippen LogP contribution >= 0.6 is 11.6 Å². The molecule has 1 aromatic heterocycles. The highest BCUT2D eigenvalue weighted by atomic mass is 35.5. The molecule has 0 unspecified atom stereocenters. The Morgan fingerprint density at radius 1 is 1.39 bits per heavy atom. The van der Waals surface area contributed by atoms with Crippen LogP contribution in [0.3, 0.4) is 0 Å². The lowest BCUT2D eigenvalue weighted by molar-refractivity contribution is 0.318. The molecule has 1 aliphatic rings. The summed E-state index contributed by atoms with van der Waals surface area (Å²) >= 11 is 5.83. The summed E-state index contributed by atoms with van der Waals surface area (Å²) in [7, 11) is -3.26. The van der Waals surface area contributed by atoms with Crippen LogP contribution in [0.1, 0.15) is 23.1 Å². The molecule has 0 bridgehead atoms. The molecule has 7 nitrogen and oxygen atoms in total. The summed E-state index contributed by atoms with van der Waals surface area (Å²) in [6.07, 6.45) is 3.84. The minimum atomic E-state index is -3.26. The Morgan fingerprint density at radius 3 is 2.86 bits per heavy atom. The summed E-state index contributed by atoms with van der Waals surface area (Å²) < 4.78 is 38.2. The van der Waals surface area contributed by atoms with Gasteiger partial charge in [0.05, 0.1) is 17.0 Å². The topological polar surface area (TPSA) is 104 Å². The van der Waals surface area contributed by atoms with Gasteiger partial charge in [0, 0.05) is 42.4 Å². The summed E-state index contributed by atoms with van der Waals surface area (Å²) in [6, 6.07) is 6.06. The summed E-state index contributed by atoms with van der Waals surface area (Å²) in [5, 5.41) is 13.0. The van der Waals surface area contributed by atoms with E-state index in [0.717, 1.165) is 17.5 Å². The van der Waals surface area contributed by atoms with Gasteiger partial charge in [0.2, 0.25) is 10.0 Å². The van der Waals surface area contributed by atoms with Crippen LogP contribution in [0.15, 0.2) is 40.6 Å². The predicted octanol–water partition coefficient (Wildman–Crippen LogP) is 2.86. The molecule has 0 spiro atoms. The molecule has 0 amide bonds. The van der Waals surface area contributed by atoms with Gasteiger partial charge in [-0.2, -0.15) is 0 Å². The Bertz CT molecular complexity index is 1070. The second-order valence-electron chi connectivity index (χ2n) is 6.40. The number of fused-ring (bicyclic) bond motifs is 1. The van der Waals surface area contributed by atoms with Gasteiger partial charge < -0.3 is 5.21 Å². The highest BCUT2D eigenvalue weighted by Crippen LogP contribution is 2.29. The maximum Gasteiger partial charge on any atom is 0.208 e. The minimum absolute atomic E-state index is 0.00116. The second kappa shape index (κ2) is 8.34. The fourth-order valence-electron chi connectivity index (χ4n) is 2.97. The smallest absolute Gasteiger partial charge is 0.208 e. The Kier molecular flexibility index (Phi) is 6.07. The molecular weight excluding hydrogens is 407 g/mol. The zero-order valence-electron chi connectivity index (χ0n) is 15.0. The Hall–Kier alpha value is -2.36. The highest BCUT2D eigenvalue weighted by Gasteiger charge is 2.22. The number of rotatable bonds is 7. The van der Waals surface area contributed by atoms with Crippen molar-refractivity contribution in [1.29, 1.82) is 0 Å². The van der Waals surface area contributed by atoms with Crippen LogP contribution in [0.25, 0.3) is 0 Å². The number of aliphatic imine (C=N–C) groups is 1. The number of pyridine rings is 1. The standard InChI is InChI=1S/C18H18ClFN4O3S/c1-28(26,27)22-7-4-12-10-14-13(5-6-21-18(14)23-12)17(24-25)9-11-2-3-16(20)15(19)8-11/h2-3,5-6,8,22,25H,4,7,9-10H2,1H3/b24-17+. The Balaban J connectivity index is 1.77. The van der Waals surface area contributed by atoms with Crippen molar-refractivity contribution in [2.45, 2.75) is 19.3 Å². The maximum atomic E-state index is 13.4. The van der Waals surface area contributed by atoms with Crippen LogP contribution < -0.4 is 4.72 Å². The summed E-state index contributed by atoms with van der Waals surface area (Å²) in [4.78, 5) is 8.69. The predicted molar refractivity (Wildman–Crippen MR) is 106 cm³/mol. The Morgan fingerprint density at radius 2 is 2.18 bits per heavy atom. The number of nitrogens with zero attached hydrogens (tertiary/aromatic N) is 3. The molecular formula is C18H18ClFN4O3S. The molecule has 2 aromatic rings. The number of halogens is 2. The second-order valence-corrected chi connectivity index (χ2v) is 8.64. The number of aromatic nitrogens is 1. The van der Waals surface area contributed by atoms with Gasteiger partial charge in [-0.05, 0) is 30.2 Å².